The van der Waals surface area contributed by atoms with Gasteiger partial charge in [0.15, 0.2) is 5.82 Å². The van der Waals surface area contributed by atoms with Crippen molar-refractivity contribution in [3.05, 3.63) is 11.6 Å². The Bertz CT molecular complexity index is 425. The molecule has 0 bridgehead atoms. The lowest BCUT2D eigenvalue weighted by Gasteiger charge is -2.25. The van der Waals surface area contributed by atoms with Gasteiger partial charge >= 0.3 is 0 Å². The van der Waals surface area contributed by atoms with Crippen LogP contribution in [-0.2, 0) is 10.3 Å². The predicted molar refractivity (Wildman–Crippen MR) is 63.4 cm³/mol. The van der Waals surface area contributed by atoms with Crippen LogP contribution >= 0.6 is 0 Å². The fraction of sp³-hybridized carbons (Fsp3) is 0.750. The zero-order valence-electron chi connectivity index (χ0n) is 10.1. The lowest BCUT2D eigenvalue weighted by molar-refractivity contribution is -0.0165. The summed E-state index contributed by atoms with van der Waals surface area (Å²) in [5.41, 5.74) is 5.47. The Morgan fingerprint density at radius 2 is 1.88 bits per heavy atom. The standard InChI is InChI=1S/C12H18N4O/c1-17-12(6-2-3-7-12)10-14-9(8-4-5-8)15-11(13)16-10/h8H,2-7H2,1H3,(H2,13,14,15,16). The van der Waals surface area contributed by atoms with Crippen LogP contribution in [0.15, 0.2) is 0 Å². The van der Waals surface area contributed by atoms with Crippen LogP contribution in [0.3, 0.4) is 0 Å². The first-order chi connectivity index (χ1) is 8.23. The molecule has 0 spiro atoms. The molecular formula is C12H18N4O. The molecule has 0 saturated heterocycles. The highest BCUT2D eigenvalue weighted by atomic mass is 16.5. The Morgan fingerprint density at radius 3 is 2.47 bits per heavy atom. The minimum Gasteiger partial charge on any atom is -0.370 e. The van der Waals surface area contributed by atoms with E-state index in [1.54, 1.807) is 7.11 Å². The highest BCUT2D eigenvalue weighted by Crippen LogP contribution is 2.42. The summed E-state index contributed by atoms with van der Waals surface area (Å²) in [4.78, 5) is 13.1. The Balaban J connectivity index is 2.00. The van der Waals surface area contributed by atoms with Crippen molar-refractivity contribution in [1.82, 2.24) is 15.0 Å². The van der Waals surface area contributed by atoms with Gasteiger partial charge in [-0.15, -0.1) is 0 Å². The number of nitrogens with two attached hydrogens (primary N) is 1. The fourth-order valence-electron chi connectivity index (χ4n) is 2.60. The summed E-state index contributed by atoms with van der Waals surface area (Å²) in [6.45, 7) is 0. The van der Waals surface area contributed by atoms with E-state index in [1.165, 1.54) is 12.8 Å². The van der Waals surface area contributed by atoms with E-state index in [0.717, 1.165) is 37.3 Å². The number of hydrogen-bond donors (Lipinski definition) is 1. The Morgan fingerprint density at radius 1 is 1.18 bits per heavy atom. The third-order valence-corrected chi connectivity index (χ3v) is 3.82. The summed E-state index contributed by atoms with van der Waals surface area (Å²) in [5.74, 6) is 2.43. The maximum atomic E-state index is 5.79. The number of nitrogens with zero attached hydrogens (tertiary/aromatic N) is 3. The smallest absolute Gasteiger partial charge is 0.223 e. The number of nitrogen functional groups attached to an aromatic ring is 1. The largest absolute Gasteiger partial charge is 0.370 e. The molecule has 92 valence electrons. The fourth-order valence-corrected chi connectivity index (χ4v) is 2.60. The van der Waals surface area contributed by atoms with Crippen molar-refractivity contribution in [2.75, 3.05) is 12.8 Å². The van der Waals surface area contributed by atoms with Crippen LogP contribution < -0.4 is 5.73 Å². The lowest BCUT2D eigenvalue weighted by Crippen LogP contribution is -2.28. The third kappa shape index (κ3) is 1.88. The van der Waals surface area contributed by atoms with Crippen molar-refractivity contribution in [3.8, 4) is 0 Å². The van der Waals surface area contributed by atoms with Crippen LogP contribution in [0.1, 0.15) is 56.1 Å². The topological polar surface area (TPSA) is 73.9 Å². The summed E-state index contributed by atoms with van der Waals surface area (Å²) in [5, 5.41) is 0. The molecular weight excluding hydrogens is 216 g/mol. The lowest BCUT2D eigenvalue weighted by atomic mass is 10.0. The quantitative estimate of drug-likeness (QED) is 0.862. The second-order valence-corrected chi connectivity index (χ2v) is 5.06. The van der Waals surface area contributed by atoms with Crippen LogP contribution in [0.2, 0.25) is 0 Å². The molecule has 5 heteroatoms. The first kappa shape index (κ1) is 10.9. The average molecular weight is 234 g/mol. The third-order valence-electron chi connectivity index (χ3n) is 3.82. The maximum Gasteiger partial charge on any atom is 0.223 e. The molecule has 0 amide bonds. The normalized spacial score (nSPS) is 22.9. The van der Waals surface area contributed by atoms with Crippen LogP contribution in [0.25, 0.3) is 0 Å². The second-order valence-electron chi connectivity index (χ2n) is 5.06. The maximum absolute atomic E-state index is 5.79. The van der Waals surface area contributed by atoms with Crippen molar-refractivity contribution in [1.29, 1.82) is 0 Å². The van der Waals surface area contributed by atoms with Gasteiger partial charge in [0.1, 0.15) is 11.4 Å². The van der Waals surface area contributed by atoms with E-state index in [1.807, 2.05) is 0 Å². The van der Waals surface area contributed by atoms with E-state index >= 15 is 0 Å². The number of hydrogen-bond acceptors (Lipinski definition) is 5. The highest BCUT2D eigenvalue weighted by Gasteiger charge is 2.40. The van der Waals surface area contributed by atoms with E-state index in [4.69, 9.17) is 10.5 Å². The molecule has 1 aromatic rings. The Labute approximate surface area is 101 Å². The molecule has 2 saturated carbocycles. The molecule has 2 fully saturated rings. The van der Waals surface area contributed by atoms with Crippen molar-refractivity contribution >= 4 is 5.95 Å². The number of aromatic nitrogens is 3. The number of anilines is 1. The van der Waals surface area contributed by atoms with Gasteiger partial charge in [0.25, 0.3) is 0 Å². The summed E-state index contributed by atoms with van der Waals surface area (Å²) < 4.78 is 5.69. The molecule has 5 nitrogen and oxygen atoms in total. The van der Waals surface area contributed by atoms with Crippen LogP contribution in [0.5, 0.6) is 0 Å². The molecule has 0 aliphatic heterocycles. The second kappa shape index (κ2) is 3.91. The molecule has 1 aromatic heterocycles. The molecule has 2 aliphatic rings. The molecule has 1 heterocycles. The zero-order chi connectivity index (χ0) is 11.9. The molecule has 17 heavy (non-hydrogen) atoms. The van der Waals surface area contributed by atoms with Crippen molar-refractivity contribution < 1.29 is 4.74 Å². The van der Waals surface area contributed by atoms with Crippen LogP contribution in [0.4, 0.5) is 5.95 Å². The summed E-state index contributed by atoms with van der Waals surface area (Å²) >= 11 is 0. The average Bonchev–Trinajstić information content (AvgIpc) is 3.07. The highest BCUT2D eigenvalue weighted by molar-refractivity contribution is 5.22. The van der Waals surface area contributed by atoms with Gasteiger partial charge in [-0.2, -0.15) is 9.97 Å². The van der Waals surface area contributed by atoms with Gasteiger partial charge in [-0.1, -0.05) is 0 Å². The van der Waals surface area contributed by atoms with Crippen molar-refractivity contribution in [3.63, 3.8) is 0 Å². The molecule has 3 rings (SSSR count). The van der Waals surface area contributed by atoms with Gasteiger partial charge in [-0.05, 0) is 38.5 Å². The van der Waals surface area contributed by atoms with Crippen LogP contribution in [-0.4, -0.2) is 22.1 Å². The first-order valence-corrected chi connectivity index (χ1v) is 6.30. The molecule has 0 radical (unpaired) electrons. The van der Waals surface area contributed by atoms with Crippen LogP contribution in [0, 0.1) is 0 Å². The number of methoxy groups -OCH3 is 1. The van der Waals surface area contributed by atoms with E-state index in [9.17, 15) is 0 Å². The van der Waals surface area contributed by atoms with E-state index in [-0.39, 0.29) is 5.60 Å². The Hall–Kier alpha value is -1.23. The summed E-state index contributed by atoms with van der Waals surface area (Å²) in [6, 6.07) is 0. The number of ether oxygens (including phenoxy) is 1. The van der Waals surface area contributed by atoms with Crippen molar-refractivity contribution in [2.45, 2.75) is 50.0 Å². The van der Waals surface area contributed by atoms with Gasteiger partial charge in [0.05, 0.1) is 0 Å². The zero-order valence-corrected chi connectivity index (χ0v) is 10.1. The minimum absolute atomic E-state index is 0.319. The van der Waals surface area contributed by atoms with Gasteiger partial charge < -0.3 is 10.5 Å². The van der Waals surface area contributed by atoms with E-state index in [2.05, 4.69) is 15.0 Å². The molecule has 0 aromatic carbocycles. The monoisotopic (exact) mass is 234 g/mol. The molecule has 2 aliphatic carbocycles. The Kier molecular flexibility index (Phi) is 2.50. The summed E-state index contributed by atoms with van der Waals surface area (Å²) in [7, 11) is 1.74. The first-order valence-electron chi connectivity index (χ1n) is 6.30. The van der Waals surface area contributed by atoms with E-state index < -0.39 is 0 Å². The predicted octanol–water partition coefficient (Wildman–Crippen LogP) is 1.75. The molecule has 0 unspecified atom stereocenters. The SMILES string of the molecule is COC1(c2nc(N)nc(C3CC3)n2)CCCC1. The minimum atomic E-state index is -0.319. The van der Waals surface area contributed by atoms with Gasteiger partial charge in [-0.3, -0.25) is 0 Å². The van der Waals surface area contributed by atoms with Gasteiger partial charge in [0, 0.05) is 13.0 Å². The molecule has 2 N–H and O–H groups in total. The summed E-state index contributed by atoms with van der Waals surface area (Å²) in [6.07, 6.45) is 6.64. The molecule has 0 atom stereocenters. The van der Waals surface area contributed by atoms with Gasteiger partial charge in [-0.25, -0.2) is 4.98 Å². The van der Waals surface area contributed by atoms with Crippen molar-refractivity contribution in [2.24, 2.45) is 0 Å². The van der Waals surface area contributed by atoms with E-state index in [0.29, 0.717) is 11.9 Å². The van der Waals surface area contributed by atoms with Gasteiger partial charge in [0.2, 0.25) is 5.95 Å². The number of rotatable bonds is 3.